The number of aryl methyl sites for hydroxylation is 1. The summed E-state index contributed by atoms with van der Waals surface area (Å²) in [6.07, 6.45) is 3.01. The van der Waals surface area contributed by atoms with Crippen LogP contribution >= 0.6 is 15.9 Å². The summed E-state index contributed by atoms with van der Waals surface area (Å²) in [5, 5.41) is 5.33. The van der Waals surface area contributed by atoms with Gasteiger partial charge in [0.1, 0.15) is 5.58 Å². The monoisotopic (exact) mass is 408 g/mol. The summed E-state index contributed by atoms with van der Waals surface area (Å²) in [6.45, 7) is 0. The molecule has 0 aliphatic heterocycles. The molecule has 0 spiro atoms. The second kappa shape index (κ2) is 6.02. The first-order valence-electron chi connectivity index (χ1n) is 8.78. The summed E-state index contributed by atoms with van der Waals surface area (Å²) in [5.74, 6) is 0.191. The fourth-order valence-corrected chi connectivity index (χ4v) is 4.26. The predicted octanol–water partition coefficient (Wildman–Crippen LogP) is 5.48. The van der Waals surface area contributed by atoms with Gasteiger partial charge in [0, 0.05) is 26.5 Å². The maximum absolute atomic E-state index is 12.7. The first-order valence-corrected chi connectivity index (χ1v) is 9.58. The van der Waals surface area contributed by atoms with Gasteiger partial charge in [0.05, 0.1) is 6.04 Å². The molecule has 1 amide bonds. The third-order valence-electron chi connectivity index (χ3n) is 5.12. The Morgan fingerprint density at radius 2 is 2.08 bits per heavy atom. The van der Waals surface area contributed by atoms with E-state index in [4.69, 9.17) is 4.42 Å². The zero-order chi connectivity index (χ0) is 17.7. The molecule has 2 N–H and O–H groups in total. The minimum atomic E-state index is -0.168. The lowest BCUT2D eigenvalue weighted by Gasteiger charge is -2.23. The lowest BCUT2D eigenvalue weighted by molar-refractivity contribution is 0.0906. The standard InChI is InChI=1S/C21H17BrN2O2/c22-13-8-9-16-15(11-13)14-5-3-6-17(20(14)23-16)24-21(25)19-10-12-4-1-2-7-18(12)26-19/h1-2,4,7-11,17,23H,3,5-6H2,(H,24,25). The van der Waals surface area contributed by atoms with Crippen molar-refractivity contribution in [2.75, 3.05) is 0 Å². The Kier molecular flexibility index (Phi) is 3.64. The van der Waals surface area contributed by atoms with E-state index in [0.717, 1.165) is 45.9 Å². The van der Waals surface area contributed by atoms with Crippen LogP contribution in [-0.2, 0) is 6.42 Å². The van der Waals surface area contributed by atoms with Crippen LogP contribution in [0.25, 0.3) is 21.9 Å². The van der Waals surface area contributed by atoms with E-state index in [0.29, 0.717) is 5.76 Å². The van der Waals surface area contributed by atoms with E-state index in [1.807, 2.05) is 30.3 Å². The van der Waals surface area contributed by atoms with Crippen molar-refractivity contribution in [2.45, 2.75) is 25.3 Å². The zero-order valence-corrected chi connectivity index (χ0v) is 15.6. The van der Waals surface area contributed by atoms with Gasteiger partial charge in [-0.3, -0.25) is 4.79 Å². The Morgan fingerprint density at radius 1 is 1.19 bits per heavy atom. The molecule has 26 heavy (non-hydrogen) atoms. The first kappa shape index (κ1) is 15.7. The Bertz CT molecular complexity index is 1110. The SMILES string of the molecule is O=C(NC1CCCc2c1[nH]c1ccc(Br)cc21)c1cc2ccccc2o1. The van der Waals surface area contributed by atoms with E-state index < -0.39 is 0 Å². The highest BCUT2D eigenvalue weighted by molar-refractivity contribution is 9.10. The Labute approximate surface area is 158 Å². The predicted molar refractivity (Wildman–Crippen MR) is 105 cm³/mol. The highest BCUT2D eigenvalue weighted by Gasteiger charge is 2.26. The van der Waals surface area contributed by atoms with Crippen LogP contribution in [-0.4, -0.2) is 10.9 Å². The van der Waals surface area contributed by atoms with Crippen LogP contribution in [0.3, 0.4) is 0 Å². The smallest absolute Gasteiger partial charge is 0.287 e. The number of furan rings is 1. The van der Waals surface area contributed by atoms with E-state index in [9.17, 15) is 4.79 Å². The van der Waals surface area contributed by atoms with E-state index in [1.54, 1.807) is 6.07 Å². The van der Waals surface area contributed by atoms with Gasteiger partial charge in [0.15, 0.2) is 5.76 Å². The summed E-state index contributed by atoms with van der Waals surface area (Å²) >= 11 is 3.55. The van der Waals surface area contributed by atoms with Crippen molar-refractivity contribution in [3.05, 3.63) is 70.0 Å². The van der Waals surface area contributed by atoms with Gasteiger partial charge in [-0.1, -0.05) is 34.1 Å². The average Bonchev–Trinajstić information content (AvgIpc) is 3.23. The minimum Gasteiger partial charge on any atom is -0.451 e. The van der Waals surface area contributed by atoms with Crippen LogP contribution in [0.15, 0.2) is 57.4 Å². The van der Waals surface area contributed by atoms with Gasteiger partial charge in [-0.2, -0.15) is 0 Å². The van der Waals surface area contributed by atoms with E-state index >= 15 is 0 Å². The van der Waals surface area contributed by atoms with E-state index in [2.05, 4.69) is 38.4 Å². The molecule has 4 nitrogen and oxygen atoms in total. The topological polar surface area (TPSA) is 58.0 Å². The molecule has 0 saturated carbocycles. The Hall–Kier alpha value is -2.53. The zero-order valence-electron chi connectivity index (χ0n) is 14.0. The fourth-order valence-electron chi connectivity index (χ4n) is 3.90. The number of rotatable bonds is 2. The number of hydrogen-bond donors (Lipinski definition) is 2. The molecule has 130 valence electrons. The van der Waals surface area contributed by atoms with Crippen LogP contribution in [0.4, 0.5) is 0 Å². The van der Waals surface area contributed by atoms with Crippen molar-refractivity contribution >= 4 is 43.7 Å². The Balaban J connectivity index is 1.48. The molecule has 5 heteroatoms. The number of nitrogens with one attached hydrogen (secondary N) is 2. The summed E-state index contributed by atoms with van der Waals surface area (Å²) in [6, 6.07) is 15.7. The number of para-hydroxylation sites is 1. The number of hydrogen-bond acceptors (Lipinski definition) is 2. The molecule has 0 bridgehead atoms. The number of amides is 1. The summed E-state index contributed by atoms with van der Waals surface area (Å²) in [4.78, 5) is 16.2. The maximum atomic E-state index is 12.7. The summed E-state index contributed by atoms with van der Waals surface area (Å²) in [5.41, 5.74) is 4.27. The average molecular weight is 409 g/mol. The molecule has 2 aromatic heterocycles. The normalized spacial score (nSPS) is 16.7. The van der Waals surface area contributed by atoms with Crippen LogP contribution in [0, 0.1) is 0 Å². The van der Waals surface area contributed by atoms with Gasteiger partial charge in [-0.25, -0.2) is 0 Å². The van der Waals surface area contributed by atoms with Crippen LogP contribution in [0.1, 0.15) is 40.7 Å². The second-order valence-corrected chi connectivity index (χ2v) is 7.69. The van der Waals surface area contributed by atoms with E-state index in [1.165, 1.54) is 10.9 Å². The molecule has 1 aliphatic rings. The molecule has 0 fully saturated rings. The number of fused-ring (bicyclic) bond motifs is 4. The molecule has 4 aromatic rings. The van der Waals surface area contributed by atoms with Crippen LogP contribution in [0.2, 0.25) is 0 Å². The van der Waals surface area contributed by atoms with Gasteiger partial charge < -0.3 is 14.7 Å². The highest BCUT2D eigenvalue weighted by atomic mass is 79.9. The first-order chi connectivity index (χ1) is 12.7. The largest absolute Gasteiger partial charge is 0.451 e. The molecule has 0 radical (unpaired) electrons. The number of carbonyl (C=O) groups excluding carboxylic acids is 1. The lowest BCUT2D eigenvalue weighted by atomic mass is 9.91. The number of carbonyl (C=O) groups is 1. The van der Waals surface area contributed by atoms with Gasteiger partial charge in [0.2, 0.25) is 0 Å². The molecule has 1 aliphatic carbocycles. The van der Waals surface area contributed by atoms with Crippen molar-refractivity contribution < 1.29 is 9.21 Å². The van der Waals surface area contributed by atoms with Crippen molar-refractivity contribution in [3.63, 3.8) is 0 Å². The van der Waals surface area contributed by atoms with Crippen molar-refractivity contribution in [3.8, 4) is 0 Å². The molecule has 2 aromatic carbocycles. The van der Waals surface area contributed by atoms with Gasteiger partial charge >= 0.3 is 0 Å². The van der Waals surface area contributed by atoms with Gasteiger partial charge in [-0.15, -0.1) is 0 Å². The number of H-pyrrole nitrogens is 1. The van der Waals surface area contributed by atoms with Crippen LogP contribution in [0.5, 0.6) is 0 Å². The molecule has 5 rings (SSSR count). The highest BCUT2D eigenvalue weighted by Crippen LogP contribution is 2.36. The third kappa shape index (κ3) is 2.54. The molecular formula is C21H17BrN2O2. The van der Waals surface area contributed by atoms with Crippen molar-refractivity contribution in [2.24, 2.45) is 0 Å². The summed E-state index contributed by atoms with van der Waals surface area (Å²) in [7, 11) is 0. The fraction of sp³-hybridized carbons (Fsp3) is 0.190. The lowest BCUT2D eigenvalue weighted by Crippen LogP contribution is -2.30. The second-order valence-electron chi connectivity index (χ2n) is 6.77. The number of benzene rings is 2. The van der Waals surface area contributed by atoms with E-state index in [-0.39, 0.29) is 11.9 Å². The molecule has 2 heterocycles. The number of aromatic amines is 1. The van der Waals surface area contributed by atoms with Crippen molar-refractivity contribution in [1.82, 2.24) is 10.3 Å². The molecule has 1 atom stereocenters. The van der Waals surface area contributed by atoms with Crippen molar-refractivity contribution in [1.29, 1.82) is 0 Å². The maximum Gasteiger partial charge on any atom is 0.287 e. The molecular weight excluding hydrogens is 392 g/mol. The number of aromatic nitrogens is 1. The Morgan fingerprint density at radius 3 is 2.96 bits per heavy atom. The quantitative estimate of drug-likeness (QED) is 0.460. The van der Waals surface area contributed by atoms with Crippen LogP contribution < -0.4 is 5.32 Å². The third-order valence-corrected chi connectivity index (χ3v) is 5.62. The van der Waals surface area contributed by atoms with Gasteiger partial charge in [0.25, 0.3) is 5.91 Å². The molecule has 1 unspecified atom stereocenters. The minimum absolute atomic E-state index is 0.0226. The summed E-state index contributed by atoms with van der Waals surface area (Å²) < 4.78 is 6.78. The molecule has 0 saturated heterocycles. The number of halogens is 1. The van der Waals surface area contributed by atoms with Gasteiger partial charge in [-0.05, 0) is 55.2 Å².